The second-order valence-electron chi connectivity index (χ2n) is 5.49. The first kappa shape index (κ1) is 15.2. The van der Waals surface area contributed by atoms with Crippen LogP contribution >= 0.6 is 0 Å². The third-order valence-corrected chi connectivity index (χ3v) is 5.62. The van der Waals surface area contributed by atoms with Crippen molar-refractivity contribution in [1.29, 1.82) is 0 Å². The molecule has 1 fully saturated rings. The van der Waals surface area contributed by atoms with Gasteiger partial charge in [-0.1, -0.05) is 26.7 Å². The standard InChI is InChI=1S/C13H22N4O2S/c1-9-5-4-6-12(10(9)2)17-20(18,19)11-7-15-13(14-3)16-8-11/h7-10,12,17H,4-6H2,1-3H3,(H,14,15,16). The van der Waals surface area contributed by atoms with Gasteiger partial charge in [0.1, 0.15) is 4.90 Å². The highest BCUT2D eigenvalue weighted by molar-refractivity contribution is 7.89. The number of nitrogens with one attached hydrogen (secondary N) is 2. The molecule has 1 aliphatic carbocycles. The summed E-state index contributed by atoms with van der Waals surface area (Å²) in [5.74, 6) is 1.29. The Balaban J connectivity index is 2.13. The summed E-state index contributed by atoms with van der Waals surface area (Å²) >= 11 is 0. The maximum absolute atomic E-state index is 12.3. The lowest BCUT2D eigenvalue weighted by atomic mass is 9.78. The van der Waals surface area contributed by atoms with Crippen LogP contribution in [-0.4, -0.2) is 31.5 Å². The van der Waals surface area contributed by atoms with Crippen molar-refractivity contribution >= 4 is 16.0 Å². The highest BCUT2D eigenvalue weighted by atomic mass is 32.2. The van der Waals surface area contributed by atoms with Crippen molar-refractivity contribution in [3.05, 3.63) is 12.4 Å². The first-order chi connectivity index (χ1) is 9.44. The molecule has 0 spiro atoms. The van der Waals surface area contributed by atoms with E-state index in [-0.39, 0.29) is 10.9 Å². The number of anilines is 1. The van der Waals surface area contributed by atoms with Crippen LogP contribution in [0, 0.1) is 11.8 Å². The van der Waals surface area contributed by atoms with Gasteiger partial charge in [0.05, 0.1) is 12.4 Å². The van der Waals surface area contributed by atoms with Crippen LogP contribution in [0.25, 0.3) is 0 Å². The molecule has 112 valence electrons. The summed E-state index contributed by atoms with van der Waals surface area (Å²) in [5.41, 5.74) is 0. The molecule has 1 aliphatic rings. The molecule has 0 amide bonds. The summed E-state index contributed by atoms with van der Waals surface area (Å²) in [6, 6.07) is -0.00673. The monoisotopic (exact) mass is 298 g/mol. The molecule has 0 radical (unpaired) electrons. The van der Waals surface area contributed by atoms with Crippen LogP contribution in [0.15, 0.2) is 17.3 Å². The fourth-order valence-corrected chi connectivity index (χ4v) is 3.85. The average Bonchev–Trinajstić information content (AvgIpc) is 2.44. The normalized spacial score (nSPS) is 27.2. The van der Waals surface area contributed by atoms with Crippen molar-refractivity contribution in [1.82, 2.24) is 14.7 Å². The summed E-state index contributed by atoms with van der Waals surface area (Å²) in [4.78, 5) is 8.01. The summed E-state index contributed by atoms with van der Waals surface area (Å²) in [6.45, 7) is 4.29. The van der Waals surface area contributed by atoms with Crippen LogP contribution in [0.1, 0.15) is 33.1 Å². The lowest BCUT2D eigenvalue weighted by molar-refractivity contribution is 0.227. The van der Waals surface area contributed by atoms with E-state index in [9.17, 15) is 8.42 Å². The molecule has 0 saturated heterocycles. The Morgan fingerprint density at radius 2 is 1.85 bits per heavy atom. The Morgan fingerprint density at radius 3 is 2.45 bits per heavy atom. The molecule has 7 heteroatoms. The van der Waals surface area contributed by atoms with Crippen molar-refractivity contribution in [3.8, 4) is 0 Å². The van der Waals surface area contributed by atoms with E-state index in [0.717, 1.165) is 12.8 Å². The van der Waals surface area contributed by atoms with Gasteiger partial charge in [-0.3, -0.25) is 0 Å². The molecule has 1 aromatic heterocycles. The van der Waals surface area contributed by atoms with Crippen molar-refractivity contribution < 1.29 is 8.42 Å². The van der Waals surface area contributed by atoms with Gasteiger partial charge < -0.3 is 5.32 Å². The van der Waals surface area contributed by atoms with E-state index < -0.39 is 10.0 Å². The first-order valence-corrected chi connectivity index (χ1v) is 8.44. The Morgan fingerprint density at radius 1 is 1.20 bits per heavy atom. The van der Waals surface area contributed by atoms with E-state index in [1.807, 2.05) is 0 Å². The molecule has 1 heterocycles. The molecule has 20 heavy (non-hydrogen) atoms. The Labute approximate surface area is 120 Å². The maximum Gasteiger partial charge on any atom is 0.243 e. The molecule has 2 N–H and O–H groups in total. The number of aromatic nitrogens is 2. The molecule has 1 aromatic rings. The van der Waals surface area contributed by atoms with Gasteiger partial charge in [0, 0.05) is 13.1 Å². The molecular weight excluding hydrogens is 276 g/mol. The Bertz CT molecular complexity index is 544. The van der Waals surface area contributed by atoms with Crippen LogP contribution in [-0.2, 0) is 10.0 Å². The molecule has 0 aliphatic heterocycles. The quantitative estimate of drug-likeness (QED) is 0.882. The summed E-state index contributed by atoms with van der Waals surface area (Å²) < 4.78 is 27.5. The second kappa shape index (κ2) is 6.05. The fourth-order valence-electron chi connectivity index (χ4n) is 2.60. The minimum atomic E-state index is -3.54. The molecule has 3 unspecified atom stereocenters. The van der Waals surface area contributed by atoms with Crippen molar-refractivity contribution in [2.75, 3.05) is 12.4 Å². The van der Waals surface area contributed by atoms with Gasteiger partial charge in [-0.25, -0.2) is 23.1 Å². The SMILES string of the molecule is CNc1ncc(S(=O)(=O)NC2CCCC(C)C2C)cn1. The Kier molecular flexibility index (Phi) is 4.59. The van der Waals surface area contributed by atoms with Crippen molar-refractivity contribution in [3.63, 3.8) is 0 Å². The smallest absolute Gasteiger partial charge is 0.243 e. The van der Waals surface area contributed by atoms with Crippen LogP contribution in [0.4, 0.5) is 5.95 Å². The van der Waals surface area contributed by atoms with Crippen LogP contribution < -0.4 is 10.0 Å². The molecule has 6 nitrogen and oxygen atoms in total. The molecule has 2 rings (SSSR count). The minimum Gasteiger partial charge on any atom is -0.357 e. The number of rotatable bonds is 4. The van der Waals surface area contributed by atoms with Gasteiger partial charge in [-0.05, 0) is 18.3 Å². The van der Waals surface area contributed by atoms with Crippen molar-refractivity contribution in [2.45, 2.75) is 44.0 Å². The van der Waals surface area contributed by atoms with E-state index >= 15 is 0 Å². The van der Waals surface area contributed by atoms with E-state index in [0.29, 0.717) is 17.8 Å². The predicted molar refractivity (Wildman–Crippen MR) is 77.9 cm³/mol. The van der Waals surface area contributed by atoms with Crippen LogP contribution in [0.3, 0.4) is 0 Å². The molecule has 1 saturated carbocycles. The zero-order valence-corrected chi connectivity index (χ0v) is 12.9. The fraction of sp³-hybridized carbons (Fsp3) is 0.692. The highest BCUT2D eigenvalue weighted by Crippen LogP contribution is 2.30. The maximum atomic E-state index is 12.3. The molecule has 0 bridgehead atoms. The topological polar surface area (TPSA) is 84.0 Å². The zero-order valence-electron chi connectivity index (χ0n) is 12.1. The number of hydrogen-bond acceptors (Lipinski definition) is 5. The van der Waals surface area contributed by atoms with E-state index in [1.165, 1.54) is 18.8 Å². The van der Waals surface area contributed by atoms with Gasteiger partial charge >= 0.3 is 0 Å². The summed E-state index contributed by atoms with van der Waals surface area (Å²) in [7, 11) is -1.86. The third kappa shape index (κ3) is 3.27. The Hall–Kier alpha value is -1.21. The number of nitrogens with zero attached hydrogens (tertiary/aromatic N) is 2. The largest absolute Gasteiger partial charge is 0.357 e. The van der Waals surface area contributed by atoms with E-state index in [1.54, 1.807) is 7.05 Å². The summed E-state index contributed by atoms with van der Waals surface area (Å²) in [6.07, 6.45) is 5.78. The zero-order chi connectivity index (χ0) is 14.8. The average molecular weight is 298 g/mol. The van der Waals surface area contributed by atoms with Gasteiger partial charge in [0.15, 0.2) is 0 Å². The van der Waals surface area contributed by atoms with E-state index in [2.05, 4.69) is 33.9 Å². The highest BCUT2D eigenvalue weighted by Gasteiger charge is 2.30. The minimum absolute atomic E-state index is 0.00673. The number of sulfonamides is 1. The molecule has 3 atom stereocenters. The van der Waals surface area contributed by atoms with Gasteiger partial charge in [-0.15, -0.1) is 0 Å². The molecular formula is C13H22N4O2S. The predicted octanol–water partition coefficient (Wildman–Crippen LogP) is 1.62. The van der Waals surface area contributed by atoms with Crippen LogP contribution in [0.5, 0.6) is 0 Å². The summed E-state index contributed by atoms with van der Waals surface area (Å²) in [5, 5.41) is 2.76. The lowest BCUT2D eigenvalue weighted by Gasteiger charge is -2.34. The van der Waals surface area contributed by atoms with E-state index in [4.69, 9.17) is 0 Å². The lowest BCUT2D eigenvalue weighted by Crippen LogP contribution is -2.43. The number of hydrogen-bond donors (Lipinski definition) is 2. The van der Waals surface area contributed by atoms with Gasteiger partial charge in [0.2, 0.25) is 16.0 Å². The van der Waals surface area contributed by atoms with Gasteiger partial charge in [0.25, 0.3) is 0 Å². The van der Waals surface area contributed by atoms with Crippen molar-refractivity contribution in [2.24, 2.45) is 11.8 Å². The van der Waals surface area contributed by atoms with Crippen LogP contribution in [0.2, 0.25) is 0 Å². The first-order valence-electron chi connectivity index (χ1n) is 6.96. The van der Waals surface area contributed by atoms with Gasteiger partial charge in [-0.2, -0.15) is 0 Å². The third-order valence-electron chi connectivity index (χ3n) is 4.18. The molecule has 0 aromatic carbocycles. The second-order valence-corrected chi connectivity index (χ2v) is 7.20.